The van der Waals surface area contributed by atoms with Crippen LogP contribution in [0.4, 0.5) is 0 Å². The van der Waals surface area contributed by atoms with E-state index in [4.69, 9.17) is 0 Å². The molecule has 0 saturated heterocycles. The zero-order valence-electron chi connectivity index (χ0n) is 12.2. The average Bonchev–Trinajstić information content (AvgIpc) is 2.39. The fraction of sp³-hybridized carbons (Fsp3) is 0.667. The van der Waals surface area contributed by atoms with E-state index in [0.717, 1.165) is 23.7 Å². The SMILES string of the molecule is CC(C)CC1CCCCC1C(C)c1ccccc1. The number of hydrogen-bond acceptors (Lipinski definition) is 0. The molecule has 1 fully saturated rings. The average molecular weight is 244 g/mol. The van der Waals surface area contributed by atoms with Crippen LogP contribution < -0.4 is 0 Å². The molecule has 0 N–H and O–H groups in total. The molecule has 2 rings (SSSR count). The molecule has 3 atom stereocenters. The van der Waals surface area contributed by atoms with Gasteiger partial charge in [-0.25, -0.2) is 0 Å². The van der Waals surface area contributed by atoms with Crippen molar-refractivity contribution in [2.45, 2.75) is 58.8 Å². The van der Waals surface area contributed by atoms with Gasteiger partial charge in [0.15, 0.2) is 0 Å². The minimum atomic E-state index is 0.732. The first-order valence-electron chi connectivity index (χ1n) is 7.73. The zero-order valence-corrected chi connectivity index (χ0v) is 12.2. The van der Waals surface area contributed by atoms with Crippen molar-refractivity contribution in [3.05, 3.63) is 35.9 Å². The van der Waals surface area contributed by atoms with Crippen molar-refractivity contribution in [3.63, 3.8) is 0 Å². The van der Waals surface area contributed by atoms with Crippen LogP contribution in [0.1, 0.15) is 64.4 Å². The van der Waals surface area contributed by atoms with Gasteiger partial charge in [0.25, 0.3) is 0 Å². The van der Waals surface area contributed by atoms with Gasteiger partial charge in [-0.1, -0.05) is 70.4 Å². The van der Waals surface area contributed by atoms with Crippen LogP contribution in [0.15, 0.2) is 30.3 Å². The predicted molar refractivity (Wildman–Crippen MR) is 79.8 cm³/mol. The molecule has 3 unspecified atom stereocenters. The van der Waals surface area contributed by atoms with Gasteiger partial charge in [-0.15, -0.1) is 0 Å². The lowest BCUT2D eigenvalue weighted by molar-refractivity contribution is 0.179. The Morgan fingerprint density at radius 2 is 1.67 bits per heavy atom. The molecule has 1 saturated carbocycles. The van der Waals surface area contributed by atoms with Crippen molar-refractivity contribution in [1.82, 2.24) is 0 Å². The second-order valence-electron chi connectivity index (χ2n) is 6.54. The summed E-state index contributed by atoms with van der Waals surface area (Å²) in [6, 6.07) is 11.1. The summed E-state index contributed by atoms with van der Waals surface area (Å²) in [4.78, 5) is 0. The second-order valence-corrected chi connectivity index (χ2v) is 6.54. The molecule has 100 valence electrons. The second kappa shape index (κ2) is 6.41. The zero-order chi connectivity index (χ0) is 13.0. The number of benzene rings is 1. The molecule has 1 aliphatic rings. The molecule has 0 aromatic heterocycles. The van der Waals surface area contributed by atoms with Crippen molar-refractivity contribution >= 4 is 0 Å². The minimum Gasteiger partial charge on any atom is -0.0628 e. The third-order valence-electron chi connectivity index (χ3n) is 4.71. The number of rotatable bonds is 4. The molecule has 0 nitrogen and oxygen atoms in total. The predicted octanol–water partition coefficient (Wildman–Crippen LogP) is 5.64. The highest BCUT2D eigenvalue weighted by Crippen LogP contribution is 2.42. The number of hydrogen-bond donors (Lipinski definition) is 0. The third-order valence-corrected chi connectivity index (χ3v) is 4.71. The van der Waals surface area contributed by atoms with Crippen LogP contribution in [0.25, 0.3) is 0 Å². The van der Waals surface area contributed by atoms with E-state index in [1.807, 2.05) is 0 Å². The fourth-order valence-corrected chi connectivity index (χ4v) is 3.80. The van der Waals surface area contributed by atoms with Gasteiger partial charge in [-0.2, -0.15) is 0 Å². The summed E-state index contributed by atoms with van der Waals surface area (Å²) in [5.41, 5.74) is 1.54. The third kappa shape index (κ3) is 3.37. The van der Waals surface area contributed by atoms with Crippen LogP contribution in [0.5, 0.6) is 0 Å². The Morgan fingerprint density at radius 3 is 2.33 bits per heavy atom. The molecule has 0 aliphatic heterocycles. The van der Waals surface area contributed by atoms with E-state index in [1.165, 1.54) is 37.7 Å². The molecule has 0 radical (unpaired) electrons. The van der Waals surface area contributed by atoms with Crippen molar-refractivity contribution < 1.29 is 0 Å². The highest BCUT2D eigenvalue weighted by molar-refractivity contribution is 5.20. The monoisotopic (exact) mass is 244 g/mol. The minimum absolute atomic E-state index is 0.732. The van der Waals surface area contributed by atoms with Crippen LogP contribution in [0.3, 0.4) is 0 Å². The largest absolute Gasteiger partial charge is 0.0628 e. The maximum Gasteiger partial charge on any atom is -0.0159 e. The Hall–Kier alpha value is -0.780. The Labute approximate surface area is 113 Å². The fourth-order valence-electron chi connectivity index (χ4n) is 3.80. The van der Waals surface area contributed by atoms with Gasteiger partial charge < -0.3 is 0 Å². The molecule has 1 aromatic carbocycles. The van der Waals surface area contributed by atoms with E-state index in [9.17, 15) is 0 Å². The van der Waals surface area contributed by atoms with Gasteiger partial charge in [0.2, 0.25) is 0 Å². The molecule has 0 spiro atoms. The maximum absolute atomic E-state index is 2.44. The molecule has 0 bridgehead atoms. The van der Waals surface area contributed by atoms with E-state index >= 15 is 0 Å². The Morgan fingerprint density at radius 1 is 1.00 bits per heavy atom. The van der Waals surface area contributed by atoms with Crippen molar-refractivity contribution in [1.29, 1.82) is 0 Å². The summed E-state index contributed by atoms with van der Waals surface area (Å²) >= 11 is 0. The van der Waals surface area contributed by atoms with Gasteiger partial charge in [0.1, 0.15) is 0 Å². The Kier molecular flexibility index (Phi) is 4.86. The quantitative estimate of drug-likeness (QED) is 0.642. The van der Waals surface area contributed by atoms with Crippen LogP contribution in [0.2, 0.25) is 0 Å². The van der Waals surface area contributed by atoms with Crippen molar-refractivity contribution in [2.24, 2.45) is 17.8 Å². The summed E-state index contributed by atoms with van der Waals surface area (Å²) in [7, 11) is 0. The van der Waals surface area contributed by atoms with Gasteiger partial charge in [0.05, 0.1) is 0 Å². The summed E-state index contributed by atoms with van der Waals surface area (Å²) in [5, 5.41) is 0. The van der Waals surface area contributed by atoms with E-state index < -0.39 is 0 Å². The summed E-state index contributed by atoms with van der Waals surface area (Å²) in [6.45, 7) is 7.19. The molecular formula is C18H28. The lowest BCUT2D eigenvalue weighted by atomic mass is 9.68. The lowest BCUT2D eigenvalue weighted by Gasteiger charge is -2.37. The first-order valence-corrected chi connectivity index (χ1v) is 7.73. The lowest BCUT2D eigenvalue weighted by Crippen LogP contribution is -2.25. The summed E-state index contributed by atoms with van der Waals surface area (Å²) in [5.74, 6) is 3.44. The van der Waals surface area contributed by atoms with Gasteiger partial charge >= 0.3 is 0 Å². The van der Waals surface area contributed by atoms with Crippen molar-refractivity contribution in [2.75, 3.05) is 0 Å². The first kappa shape index (κ1) is 13.6. The Bertz CT molecular complexity index is 338. The van der Waals surface area contributed by atoms with Gasteiger partial charge in [-0.05, 0) is 42.1 Å². The van der Waals surface area contributed by atoms with Crippen molar-refractivity contribution in [3.8, 4) is 0 Å². The highest BCUT2D eigenvalue weighted by Gasteiger charge is 2.30. The van der Waals surface area contributed by atoms with E-state index in [1.54, 1.807) is 0 Å². The molecule has 0 amide bonds. The van der Waals surface area contributed by atoms with E-state index in [2.05, 4.69) is 51.1 Å². The topological polar surface area (TPSA) is 0 Å². The normalized spacial score (nSPS) is 26.2. The van der Waals surface area contributed by atoms with Crippen LogP contribution in [-0.2, 0) is 0 Å². The molecule has 0 heterocycles. The standard InChI is InChI=1S/C18H28/c1-14(2)13-17-11-7-8-12-18(17)15(3)16-9-5-4-6-10-16/h4-6,9-10,14-15,17-18H,7-8,11-13H2,1-3H3. The van der Waals surface area contributed by atoms with Crippen LogP contribution in [0, 0.1) is 17.8 Å². The van der Waals surface area contributed by atoms with Gasteiger partial charge in [0, 0.05) is 0 Å². The molecule has 1 aromatic rings. The molecule has 1 aliphatic carbocycles. The van der Waals surface area contributed by atoms with Crippen LogP contribution >= 0.6 is 0 Å². The van der Waals surface area contributed by atoms with Crippen LogP contribution in [-0.4, -0.2) is 0 Å². The molecular weight excluding hydrogens is 216 g/mol. The summed E-state index contributed by atoms with van der Waals surface area (Å²) in [6.07, 6.45) is 7.21. The highest BCUT2D eigenvalue weighted by atomic mass is 14.3. The Balaban J connectivity index is 2.08. The first-order chi connectivity index (χ1) is 8.68. The summed E-state index contributed by atoms with van der Waals surface area (Å²) < 4.78 is 0. The van der Waals surface area contributed by atoms with E-state index in [-0.39, 0.29) is 0 Å². The maximum atomic E-state index is 2.44. The van der Waals surface area contributed by atoms with E-state index in [0.29, 0.717) is 0 Å². The smallest absolute Gasteiger partial charge is 0.0159 e. The molecule has 18 heavy (non-hydrogen) atoms. The van der Waals surface area contributed by atoms with Gasteiger partial charge in [-0.3, -0.25) is 0 Å². The molecule has 0 heteroatoms.